The number of amides is 1. The lowest BCUT2D eigenvalue weighted by Gasteiger charge is -2.26. The topological polar surface area (TPSA) is 28.5 Å². The van der Waals surface area contributed by atoms with E-state index in [4.69, 9.17) is 0 Å². The SMILES string of the molecule is Cc1c2c(n(Cc3ccc(F)c(F)c3)c1C(=O)N(CCN(C)C)Cc1ccccc1)CCCC2. The summed E-state index contributed by atoms with van der Waals surface area (Å²) in [4.78, 5) is 18.1. The monoisotopic (exact) mass is 465 g/mol. The zero-order valence-corrected chi connectivity index (χ0v) is 20.3. The van der Waals surface area contributed by atoms with Crippen molar-refractivity contribution < 1.29 is 13.6 Å². The van der Waals surface area contributed by atoms with Crippen LogP contribution in [0.4, 0.5) is 8.78 Å². The van der Waals surface area contributed by atoms with E-state index in [1.54, 1.807) is 6.07 Å². The van der Waals surface area contributed by atoms with E-state index in [0.717, 1.165) is 55.1 Å². The van der Waals surface area contributed by atoms with Crippen LogP contribution >= 0.6 is 0 Å². The molecule has 34 heavy (non-hydrogen) atoms. The second kappa shape index (κ2) is 10.5. The van der Waals surface area contributed by atoms with Gasteiger partial charge in [-0.25, -0.2) is 8.78 Å². The minimum atomic E-state index is -0.861. The minimum absolute atomic E-state index is 0.0137. The number of rotatable bonds is 8. The quantitative estimate of drug-likeness (QED) is 0.457. The Kier molecular flexibility index (Phi) is 7.47. The van der Waals surface area contributed by atoms with Crippen LogP contribution in [-0.4, -0.2) is 47.5 Å². The predicted molar refractivity (Wildman–Crippen MR) is 131 cm³/mol. The molecular formula is C28H33F2N3O. The molecule has 1 amide bonds. The van der Waals surface area contributed by atoms with Gasteiger partial charge in [0.15, 0.2) is 11.6 Å². The van der Waals surface area contributed by atoms with E-state index in [2.05, 4.69) is 9.47 Å². The summed E-state index contributed by atoms with van der Waals surface area (Å²) < 4.78 is 29.6. The van der Waals surface area contributed by atoms with E-state index in [1.165, 1.54) is 11.6 Å². The van der Waals surface area contributed by atoms with Crippen LogP contribution in [0.2, 0.25) is 0 Å². The molecule has 2 aromatic carbocycles. The maximum absolute atomic E-state index is 14.1. The normalized spacial score (nSPS) is 13.2. The predicted octanol–water partition coefficient (Wildman–Crippen LogP) is 5.21. The first-order valence-corrected chi connectivity index (χ1v) is 12.0. The van der Waals surface area contributed by atoms with Crippen LogP contribution in [-0.2, 0) is 25.9 Å². The fourth-order valence-electron chi connectivity index (χ4n) is 4.87. The lowest BCUT2D eigenvalue weighted by molar-refractivity contribution is 0.0720. The Balaban J connectivity index is 1.74. The highest BCUT2D eigenvalue weighted by Gasteiger charge is 2.29. The Labute approximate surface area is 200 Å². The number of fused-ring (bicyclic) bond motifs is 1. The van der Waals surface area contributed by atoms with Gasteiger partial charge < -0.3 is 14.4 Å². The third-order valence-electron chi connectivity index (χ3n) is 6.69. The molecule has 0 saturated carbocycles. The lowest BCUT2D eigenvalue weighted by Crippen LogP contribution is -2.37. The van der Waals surface area contributed by atoms with Crippen molar-refractivity contribution in [2.45, 2.75) is 45.7 Å². The number of likely N-dealkylation sites (N-methyl/N-ethyl adjacent to an activating group) is 1. The second-order valence-electron chi connectivity index (χ2n) is 9.46. The third kappa shape index (κ3) is 5.22. The summed E-state index contributed by atoms with van der Waals surface area (Å²) in [6.07, 6.45) is 4.01. The van der Waals surface area contributed by atoms with E-state index in [1.807, 2.05) is 56.3 Å². The molecule has 0 fully saturated rings. The summed E-state index contributed by atoms with van der Waals surface area (Å²) in [5.41, 5.74) is 5.82. The van der Waals surface area contributed by atoms with Crippen LogP contribution in [0.3, 0.4) is 0 Å². The van der Waals surface area contributed by atoms with Gasteiger partial charge in [-0.05, 0) is 81.1 Å². The third-order valence-corrected chi connectivity index (χ3v) is 6.69. The summed E-state index contributed by atoms with van der Waals surface area (Å²) in [5.74, 6) is -1.73. The van der Waals surface area contributed by atoms with Gasteiger partial charge in [-0.1, -0.05) is 36.4 Å². The summed E-state index contributed by atoms with van der Waals surface area (Å²) >= 11 is 0. The molecule has 0 atom stereocenters. The first-order valence-electron chi connectivity index (χ1n) is 12.0. The minimum Gasteiger partial charge on any atom is -0.336 e. The number of halogens is 2. The Morgan fingerprint density at radius 1 is 0.941 bits per heavy atom. The molecule has 4 rings (SSSR count). The molecule has 0 N–H and O–H groups in total. The van der Waals surface area contributed by atoms with Crippen molar-refractivity contribution >= 4 is 5.91 Å². The van der Waals surface area contributed by atoms with Crippen molar-refractivity contribution in [3.8, 4) is 0 Å². The zero-order chi connectivity index (χ0) is 24.2. The number of hydrogen-bond acceptors (Lipinski definition) is 2. The Bertz CT molecular complexity index is 1150. The summed E-state index contributed by atoms with van der Waals surface area (Å²) in [7, 11) is 4.00. The Morgan fingerprint density at radius 2 is 1.68 bits per heavy atom. The number of carbonyl (C=O) groups is 1. The van der Waals surface area contributed by atoms with E-state index in [-0.39, 0.29) is 5.91 Å². The Hall–Kier alpha value is -2.99. The Morgan fingerprint density at radius 3 is 2.38 bits per heavy atom. The standard InChI is InChI=1S/C28H33F2N3O/c1-20-23-11-7-8-12-26(23)33(19-22-13-14-24(29)25(30)17-22)27(20)28(34)32(16-15-31(2)3)18-21-9-5-4-6-10-21/h4-6,9-10,13-14,17H,7-8,11-12,15-16,18-19H2,1-3H3. The maximum atomic E-state index is 14.1. The van der Waals surface area contributed by atoms with Gasteiger partial charge in [0.25, 0.3) is 5.91 Å². The highest BCUT2D eigenvalue weighted by Crippen LogP contribution is 2.31. The molecule has 0 unspecified atom stereocenters. The first kappa shape index (κ1) is 24.1. The van der Waals surface area contributed by atoms with Gasteiger partial charge in [-0.2, -0.15) is 0 Å². The van der Waals surface area contributed by atoms with E-state index < -0.39 is 11.6 Å². The molecule has 6 heteroatoms. The van der Waals surface area contributed by atoms with Gasteiger partial charge in [-0.15, -0.1) is 0 Å². The van der Waals surface area contributed by atoms with Crippen molar-refractivity contribution in [1.82, 2.24) is 14.4 Å². The molecule has 0 spiro atoms. The molecule has 0 bridgehead atoms. The van der Waals surface area contributed by atoms with Crippen LogP contribution in [0.25, 0.3) is 0 Å². The average molecular weight is 466 g/mol. The molecule has 1 aliphatic rings. The van der Waals surface area contributed by atoms with Gasteiger partial charge in [0.05, 0.1) is 0 Å². The summed E-state index contributed by atoms with van der Waals surface area (Å²) in [5, 5.41) is 0. The van der Waals surface area contributed by atoms with Crippen molar-refractivity contribution in [1.29, 1.82) is 0 Å². The number of carbonyl (C=O) groups excluding carboxylic acids is 1. The first-order chi connectivity index (χ1) is 16.3. The number of aromatic nitrogens is 1. The van der Waals surface area contributed by atoms with Crippen LogP contribution in [0.1, 0.15) is 51.3 Å². The second-order valence-corrected chi connectivity index (χ2v) is 9.46. The smallest absolute Gasteiger partial charge is 0.271 e. The molecule has 1 aliphatic carbocycles. The molecule has 1 aromatic heterocycles. The zero-order valence-electron chi connectivity index (χ0n) is 20.3. The fourth-order valence-corrected chi connectivity index (χ4v) is 4.87. The largest absolute Gasteiger partial charge is 0.336 e. The average Bonchev–Trinajstić information content (AvgIpc) is 3.10. The van der Waals surface area contributed by atoms with Crippen LogP contribution < -0.4 is 0 Å². The molecule has 180 valence electrons. The summed E-state index contributed by atoms with van der Waals surface area (Å²) in [6, 6.07) is 14.0. The van der Waals surface area contributed by atoms with Crippen LogP contribution in [0.5, 0.6) is 0 Å². The van der Waals surface area contributed by atoms with Gasteiger partial charge in [0.1, 0.15) is 5.69 Å². The van der Waals surface area contributed by atoms with Gasteiger partial charge >= 0.3 is 0 Å². The highest BCUT2D eigenvalue weighted by atomic mass is 19.2. The van der Waals surface area contributed by atoms with Crippen LogP contribution in [0.15, 0.2) is 48.5 Å². The van der Waals surface area contributed by atoms with Crippen LogP contribution in [0, 0.1) is 18.6 Å². The molecule has 3 aromatic rings. The molecule has 4 nitrogen and oxygen atoms in total. The van der Waals surface area contributed by atoms with Crippen molar-refractivity contribution in [3.05, 3.63) is 93.8 Å². The lowest BCUT2D eigenvalue weighted by atomic mass is 9.95. The fraction of sp³-hybridized carbons (Fsp3) is 0.393. The maximum Gasteiger partial charge on any atom is 0.271 e. The molecule has 1 heterocycles. The van der Waals surface area contributed by atoms with E-state index in [0.29, 0.717) is 30.9 Å². The van der Waals surface area contributed by atoms with E-state index >= 15 is 0 Å². The number of nitrogens with zero attached hydrogens (tertiary/aromatic N) is 3. The van der Waals surface area contributed by atoms with Gasteiger partial charge in [-0.3, -0.25) is 4.79 Å². The molecule has 0 radical (unpaired) electrons. The van der Waals surface area contributed by atoms with Crippen molar-refractivity contribution in [2.75, 3.05) is 27.2 Å². The summed E-state index contributed by atoms with van der Waals surface area (Å²) in [6.45, 7) is 4.25. The van der Waals surface area contributed by atoms with Gasteiger partial charge in [0.2, 0.25) is 0 Å². The van der Waals surface area contributed by atoms with Crippen molar-refractivity contribution in [3.63, 3.8) is 0 Å². The van der Waals surface area contributed by atoms with E-state index in [9.17, 15) is 13.6 Å². The van der Waals surface area contributed by atoms with Gasteiger partial charge in [0, 0.05) is 31.9 Å². The number of benzene rings is 2. The highest BCUT2D eigenvalue weighted by molar-refractivity contribution is 5.95. The number of hydrogen-bond donors (Lipinski definition) is 0. The molecule has 0 saturated heterocycles. The van der Waals surface area contributed by atoms with Crippen molar-refractivity contribution in [2.24, 2.45) is 0 Å². The molecular weight excluding hydrogens is 432 g/mol. The molecule has 0 aliphatic heterocycles.